The second-order valence-corrected chi connectivity index (χ2v) is 10.4. The van der Waals surface area contributed by atoms with E-state index in [4.69, 9.17) is 9.47 Å². The Kier molecular flexibility index (Phi) is 9.63. The summed E-state index contributed by atoms with van der Waals surface area (Å²) < 4.78 is 12.6. The molecule has 0 heterocycles. The van der Waals surface area contributed by atoms with Crippen molar-refractivity contribution in [1.29, 1.82) is 0 Å². The summed E-state index contributed by atoms with van der Waals surface area (Å²) in [4.78, 5) is 24.0. The third kappa shape index (κ3) is 8.55. The largest absolute Gasteiger partial charge is 0.462 e. The van der Waals surface area contributed by atoms with E-state index in [2.05, 4.69) is 42.5 Å². The van der Waals surface area contributed by atoms with Crippen LogP contribution < -0.4 is 10.6 Å². The molecule has 0 saturated heterocycles. The second-order valence-electron chi connectivity index (χ2n) is 8.64. The van der Waals surface area contributed by atoms with Gasteiger partial charge < -0.3 is 14.8 Å². The zero-order valence-electron chi connectivity index (χ0n) is 18.1. The molecule has 8 heteroatoms. The Morgan fingerprint density at radius 3 is 2.40 bits per heavy atom. The van der Waals surface area contributed by atoms with Crippen LogP contribution in [0.4, 0.5) is 10.5 Å². The van der Waals surface area contributed by atoms with Crippen molar-refractivity contribution in [1.82, 2.24) is 5.32 Å². The molecule has 1 aliphatic rings. The summed E-state index contributed by atoms with van der Waals surface area (Å²) >= 11 is 7.06. The number of nitrogens with one attached hydrogen (secondary N) is 2. The van der Waals surface area contributed by atoms with Crippen molar-refractivity contribution in [2.45, 2.75) is 90.5 Å². The average Bonchev–Trinajstić information content (AvgIpc) is 2.62. The van der Waals surface area contributed by atoms with Crippen LogP contribution in [0, 0.1) is 0 Å². The number of carbonyl (C=O) groups excluding carboxylic acids is 2. The first-order chi connectivity index (χ1) is 14.1. The fraction of sp³-hybridized carbons (Fsp3) is 0.636. The van der Waals surface area contributed by atoms with Crippen molar-refractivity contribution >= 4 is 49.6 Å². The third-order valence-corrected chi connectivity index (χ3v) is 5.85. The Hall–Kier alpha value is -1.12. The number of amides is 1. The maximum absolute atomic E-state index is 12.3. The number of hydrogen-bond donors (Lipinski definition) is 2. The maximum atomic E-state index is 12.3. The molecule has 0 aromatic heterocycles. The summed E-state index contributed by atoms with van der Waals surface area (Å²) in [5, 5.41) is 6.44. The monoisotopic (exact) mass is 546 g/mol. The van der Waals surface area contributed by atoms with E-state index < -0.39 is 11.7 Å². The molecule has 0 radical (unpaired) electrons. The topological polar surface area (TPSA) is 76.7 Å². The van der Waals surface area contributed by atoms with Crippen LogP contribution in [0.15, 0.2) is 21.1 Å². The van der Waals surface area contributed by atoms with E-state index in [1.165, 1.54) is 0 Å². The fourth-order valence-corrected chi connectivity index (χ4v) is 4.81. The lowest BCUT2D eigenvalue weighted by molar-refractivity contribution is -0.150. The molecule has 1 aliphatic carbocycles. The van der Waals surface area contributed by atoms with Gasteiger partial charge in [-0.25, -0.2) is 4.79 Å². The van der Waals surface area contributed by atoms with E-state index >= 15 is 0 Å². The summed E-state index contributed by atoms with van der Waals surface area (Å²) in [5.41, 5.74) is 1.09. The molecule has 0 atom stereocenters. The van der Waals surface area contributed by atoms with Crippen molar-refractivity contribution in [2.24, 2.45) is 0 Å². The van der Waals surface area contributed by atoms with Crippen molar-refractivity contribution < 1.29 is 19.1 Å². The number of carbonyl (C=O) groups is 2. The maximum Gasteiger partial charge on any atom is 0.412 e. The normalized spacial score (nSPS) is 19.3. The first kappa shape index (κ1) is 25.1. The molecule has 6 nitrogen and oxygen atoms in total. The number of benzene rings is 1. The highest BCUT2D eigenvalue weighted by Crippen LogP contribution is 2.32. The third-order valence-electron chi connectivity index (χ3n) is 4.77. The Morgan fingerprint density at radius 1 is 1.13 bits per heavy atom. The number of rotatable bonds is 7. The minimum atomic E-state index is -0.566. The molecule has 0 bridgehead atoms. The Balaban J connectivity index is 1.94. The molecule has 168 valence electrons. The van der Waals surface area contributed by atoms with Crippen molar-refractivity contribution in [3.05, 3.63) is 26.6 Å². The van der Waals surface area contributed by atoms with E-state index in [9.17, 15) is 9.59 Å². The number of esters is 1. The highest BCUT2D eigenvalue weighted by atomic mass is 79.9. The van der Waals surface area contributed by atoms with Gasteiger partial charge in [-0.3, -0.25) is 10.1 Å². The highest BCUT2D eigenvalue weighted by Gasteiger charge is 2.24. The molecule has 30 heavy (non-hydrogen) atoms. The van der Waals surface area contributed by atoms with E-state index in [0.717, 1.165) is 46.6 Å². The lowest BCUT2D eigenvalue weighted by atomic mass is 9.92. The van der Waals surface area contributed by atoms with Crippen LogP contribution >= 0.6 is 31.9 Å². The molecule has 2 rings (SSSR count). The van der Waals surface area contributed by atoms with Crippen LogP contribution in [0.5, 0.6) is 0 Å². The van der Waals surface area contributed by atoms with Crippen LogP contribution in [-0.2, 0) is 20.8 Å². The Morgan fingerprint density at radius 2 is 1.80 bits per heavy atom. The first-order valence-electron chi connectivity index (χ1n) is 10.5. The molecule has 0 spiro atoms. The molecule has 1 saturated carbocycles. The average molecular weight is 548 g/mol. The van der Waals surface area contributed by atoms with Crippen LogP contribution in [0.1, 0.15) is 71.8 Å². The van der Waals surface area contributed by atoms with Gasteiger partial charge in [-0.1, -0.05) is 22.9 Å². The van der Waals surface area contributed by atoms with Gasteiger partial charge in [0.15, 0.2) is 0 Å². The van der Waals surface area contributed by atoms with E-state index in [1.54, 1.807) is 0 Å². The van der Waals surface area contributed by atoms with Gasteiger partial charge in [0.25, 0.3) is 0 Å². The van der Waals surface area contributed by atoms with Crippen molar-refractivity contribution in [3.8, 4) is 0 Å². The fourth-order valence-electron chi connectivity index (χ4n) is 3.40. The summed E-state index contributed by atoms with van der Waals surface area (Å²) in [5.74, 6) is -0.0919. The summed E-state index contributed by atoms with van der Waals surface area (Å²) in [6.07, 6.45) is 4.51. The highest BCUT2D eigenvalue weighted by molar-refractivity contribution is 9.11. The SMILES string of the molecule is CCCC(=O)OC1CCC(NCc2cc(Br)cc(Br)c2NC(=O)OC(C)(C)C)CC1. The lowest BCUT2D eigenvalue weighted by Crippen LogP contribution is -2.36. The van der Waals surface area contributed by atoms with Gasteiger partial charge in [0.1, 0.15) is 11.7 Å². The van der Waals surface area contributed by atoms with Gasteiger partial charge in [0.05, 0.1) is 5.69 Å². The van der Waals surface area contributed by atoms with Gasteiger partial charge >= 0.3 is 12.1 Å². The molecule has 1 aromatic rings. The molecular formula is C22H32Br2N2O4. The van der Waals surface area contributed by atoms with Crippen LogP contribution in [0.25, 0.3) is 0 Å². The number of halogens is 2. The number of ether oxygens (including phenoxy) is 2. The van der Waals surface area contributed by atoms with E-state index in [1.807, 2.05) is 39.8 Å². The summed E-state index contributed by atoms with van der Waals surface area (Å²) in [6.45, 7) is 8.09. The predicted octanol–water partition coefficient (Wildman–Crippen LogP) is 6.30. The van der Waals surface area contributed by atoms with Crippen LogP contribution in [0.2, 0.25) is 0 Å². The molecule has 1 aromatic carbocycles. The van der Waals surface area contributed by atoms with Gasteiger partial charge in [0, 0.05) is 28.0 Å². The zero-order valence-corrected chi connectivity index (χ0v) is 21.3. The molecule has 0 aliphatic heterocycles. The van der Waals surface area contributed by atoms with Crippen molar-refractivity contribution in [2.75, 3.05) is 5.32 Å². The summed E-state index contributed by atoms with van der Waals surface area (Å²) in [7, 11) is 0. The van der Waals surface area contributed by atoms with Crippen molar-refractivity contribution in [3.63, 3.8) is 0 Å². The predicted molar refractivity (Wildman–Crippen MR) is 126 cm³/mol. The van der Waals surface area contributed by atoms with E-state index in [-0.39, 0.29) is 12.1 Å². The first-order valence-corrected chi connectivity index (χ1v) is 12.1. The van der Waals surface area contributed by atoms with Gasteiger partial charge in [-0.2, -0.15) is 0 Å². The van der Waals surface area contributed by atoms with Gasteiger partial charge in [0.2, 0.25) is 0 Å². The smallest absolute Gasteiger partial charge is 0.412 e. The quantitative estimate of drug-likeness (QED) is 0.391. The van der Waals surface area contributed by atoms with Crippen LogP contribution in [-0.4, -0.2) is 29.8 Å². The molecule has 1 amide bonds. The number of anilines is 1. The van der Waals surface area contributed by atoms with Gasteiger partial charge in [-0.15, -0.1) is 0 Å². The Bertz CT molecular complexity index is 741. The zero-order chi connectivity index (χ0) is 22.3. The second kappa shape index (κ2) is 11.5. The standard InChI is InChI=1S/C22H32Br2N2O4/c1-5-6-19(27)29-17-9-7-16(8-10-17)25-13-14-11-15(23)12-18(24)20(14)26-21(28)30-22(2,3)4/h11-12,16-17,25H,5-10,13H2,1-4H3,(H,26,28). The molecule has 1 fully saturated rings. The Labute approximate surface area is 196 Å². The molecular weight excluding hydrogens is 516 g/mol. The minimum absolute atomic E-state index is 0.0338. The number of hydrogen-bond acceptors (Lipinski definition) is 5. The minimum Gasteiger partial charge on any atom is -0.462 e. The lowest BCUT2D eigenvalue weighted by Gasteiger charge is -2.29. The van der Waals surface area contributed by atoms with Gasteiger partial charge in [-0.05, 0) is 86.5 Å². The van der Waals surface area contributed by atoms with Crippen LogP contribution in [0.3, 0.4) is 0 Å². The summed E-state index contributed by atoms with van der Waals surface area (Å²) in [6, 6.07) is 4.23. The molecule has 2 N–H and O–H groups in total. The molecule has 0 unspecified atom stereocenters. The van der Waals surface area contributed by atoms with E-state index in [0.29, 0.717) is 24.7 Å².